The Bertz CT molecular complexity index is 462. The van der Waals surface area contributed by atoms with Gasteiger partial charge in [0.25, 0.3) is 0 Å². The topological polar surface area (TPSA) is 38.9 Å². The van der Waals surface area contributed by atoms with Crippen molar-refractivity contribution in [2.75, 3.05) is 6.54 Å². The first-order chi connectivity index (χ1) is 7.20. The first-order valence-electron chi connectivity index (χ1n) is 5.28. The van der Waals surface area contributed by atoms with Gasteiger partial charge in [0.05, 0.1) is 15.2 Å². The molecule has 1 aromatic heterocycles. The molecule has 2 aromatic rings. The molecule has 2 nitrogen and oxygen atoms in total. The fraction of sp³-hybridized carbons (Fsp3) is 0.417. The van der Waals surface area contributed by atoms with Gasteiger partial charge < -0.3 is 5.73 Å². The van der Waals surface area contributed by atoms with Crippen LogP contribution in [0.3, 0.4) is 0 Å². The van der Waals surface area contributed by atoms with Crippen LogP contribution in [-0.2, 0) is 0 Å². The molecule has 1 aromatic carbocycles. The molecule has 1 unspecified atom stereocenters. The van der Waals surface area contributed by atoms with Crippen LogP contribution in [0.25, 0.3) is 10.2 Å². The van der Waals surface area contributed by atoms with Crippen LogP contribution < -0.4 is 5.73 Å². The molecule has 0 saturated carbocycles. The molecule has 0 aliphatic carbocycles. The standard InChI is InChI=1S/C12H16N2S/c1-8-3-4-11-10(7-8)14-12(15-11)9(2)5-6-13/h3-4,7,9H,5-6,13H2,1-2H3. The van der Waals surface area contributed by atoms with Crippen LogP contribution in [0, 0.1) is 6.92 Å². The monoisotopic (exact) mass is 220 g/mol. The van der Waals surface area contributed by atoms with E-state index < -0.39 is 0 Å². The summed E-state index contributed by atoms with van der Waals surface area (Å²) in [5.74, 6) is 0.479. The predicted octanol–water partition coefficient (Wildman–Crippen LogP) is 3.06. The number of nitrogens with zero attached hydrogens (tertiary/aromatic N) is 1. The molecule has 80 valence electrons. The number of hydrogen-bond donors (Lipinski definition) is 1. The van der Waals surface area contributed by atoms with E-state index >= 15 is 0 Å². The van der Waals surface area contributed by atoms with Crippen LogP contribution >= 0.6 is 11.3 Å². The SMILES string of the molecule is Cc1ccc2sc(C(C)CCN)nc2c1. The van der Waals surface area contributed by atoms with Crippen molar-refractivity contribution < 1.29 is 0 Å². The molecule has 3 heteroatoms. The van der Waals surface area contributed by atoms with Crippen molar-refractivity contribution in [3.8, 4) is 0 Å². The Morgan fingerprint density at radius 2 is 2.27 bits per heavy atom. The first-order valence-corrected chi connectivity index (χ1v) is 6.09. The maximum absolute atomic E-state index is 5.56. The highest BCUT2D eigenvalue weighted by Crippen LogP contribution is 2.29. The van der Waals surface area contributed by atoms with Crippen LogP contribution in [-0.4, -0.2) is 11.5 Å². The minimum Gasteiger partial charge on any atom is -0.330 e. The van der Waals surface area contributed by atoms with Gasteiger partial charge in [-0.25, -0.2) is 4.98 Å². The van der Waals surface area contributed by atoms with Crippen molar-refractivity contribution in [2.24, 2.45) is 5.73 Å². The van der Waals surface area contributed by atoms with Gasteiger partial charge in [0, 0.05) is 5.92 Å². The Morgan fingerprint density at radius 3 is 3.00 bits per heavy atom. The van der Waals surface area contributed by atoms with Crippen LogP contribution in [0.2, 0.25) is 0 Å². The van der Waals surface area contributed by atoms with Crippen LogP contribution in [0.5, 0.6) is 0 Å². The third kappa shape index (κ3) is 2.19. The summed E-state index contributed by atoms with van der Waals surface area (Å²) in [6, 6.07) is 6.43. The van der Waals surface area contributed by atoms with Gasteiger partial charge in [-0.3, -0.25) is 0 Å². The van der Waals surface area contributed by atoms with E-state index in [0.29, 0.717) is 5.92 Å². The molecule has 0 amide bonds. The van der Waals surface area contributed by atoms with Crippen molar-refractivity contribution in [1.29, 1.82) is 0 Å². The van der Waals surface area contributed by atoms with E-state index in [-0.39, 0.29) is 0 Å². The normalized spacial score (nSPS) is 13.3. The summed E-state index contributed by atoms with van der Waals surface area (Å²) in [5, 5.41) is 1.21. The summed E-state index contributed by atoms with van der Waals surface area (Å²) in [4.78, 5) is 4.66. The quantitative estimate of drug-likeness (QED) is 0.863. The Labute approximate surface area is 94.1 Å². The number of benzene rings is 1. The molecule has 2 N–H and O–H groups in total. The van der Waals surface area contributed by atoms with Crippen molar-refractivity contribution in [3.05, 3.63) is 28.8 Å². The Morgan fingerprint density at radius 1 is 1.47 bits per heavy atom. The Balaban J connectivity index is 2.38. The van der Waals surface area contributed by atoms with Crippen molar-refractivity contribution in [3.63, 3.8) is 0 Å². The third-order valence-electron chi connectivity index (χ3n) is 2.58. The zero-order valence-corrected chi connectivity index (χ0v) is 9.97. The number of nitrogens with two attached hydrogens (primary N) is 1. The van der Waals surface area contributed by atoms with Gasteiger partial charge in [0.15, 0.2) is 0 Å². The summed E-state index contributed by atoms with van der Waals surface area (Å²) in [7, 11) is 0. The van der Waals surface area contributed by atoms with Gasteiger partial charge in [0.2, 0.25) is 0 Å². The van der Waals surface area contributed by atoms with Gasteiger partial charge in [-0.15, -0.1) is 11.3 Å². The second-order valence-electron chi connectivity index (χ2n) is 4.00. The Kier molecular flexibility index (Phi) is 3.03. The molecule has 0 bridgehead atoms. The molecule has 0 aliphatic rings. The molecule has 0 saturated heterocycles. The highest BCUT2D eigenvalue weighted by Gasteiger charge is 2.10. The van der Waals surface area contributed by atoms with Crippen molar-refractivity contribution in [1.82, 2.24) is 4.98 Å². The lowest BCUT2D eigenvalue weighted by Gasteiger charge is -2.03. The third-order valence-corrected chi connectivity index (χ3v) is 3.85. The number of aromatic nitrogens is 1. The fourth-order valence-corrected chi connectivity index (χ4v) is 2.67. The minimum atomic E-state index is 0.479. The average molecular weight is 220 g/mol. The van der Waals surface area contributed by atoms with Crippen LogP contribution in [0.4, 0.5) is 0 Å². The molecule has 0 spiro atoms. The highest BCUT2D eigenvalue weighted by molar-refractivity contribution is 7.18. The number of thiazole rings is 1. The predicted molar refractivity (Wildman–Crippen MR) is 66.4 cm³/mol. The summed E-state index contributed by atoms with van der Waals surface area (Å²) in [5.41, 5.74) is 7.96. The minimum absolute atomic E-state index is 0.479. The van der Waals surface area contributed by atoms with Gasteiger partial charge in [0.1, 0.15) is 0 Å². The van der Waals surface area contributed by atoms with E-state index in [9.17, 15) is 0 Å². The maximum Gasteiger partial charge on any atom is 0.0967 e. The van der Waals surface area contributed by atoms with Crippen LogP contribution in [0.15, 0.2) is 18.2 Å². The lowest BCUT2D eigenvalue weighted by atomic mass is 10.1. The molecule has 1 heterocycles. The molecule has 15 heavy (non-hydrogen) atoms. The van der Waals surface area contributed by atoms with E-state index in [4.69, 9.17) is 5.73 Å². The molecular weight excluding hydrogens is 204 g/mol. The zero-order valence-electron chi connectivity index (χ0n) is 9.16. The number of hydrogen-bond acceptors (Lipinski definition) is 3. The number of rotatable bonds is 3. The summed E-state index contributed by atoms with van der Waals surface area (Å²) in [6.45, 7) is 5.02. The van der Waals surface area contributed by atoms with Gasteiger partial charge >= 0.3 is 0 Å². The van der Waals surface area contributed by atoms with E-state index in [1.807, 2.05) is 0 Å². The summed E-state index contributed by atoms with van der Waals surface area (Å²) in [6.07, 6.45) is 1.01. The molecular formula is C12H16N2S. The van der Waals surface area contributed by atoms with Gasteiger partial charge in [-0.2, -0.15) is 0 Å². The fourth-order valence-electron chi connectivity index (χ4n) is 1.64. The van der Waals surface area contributed by atoms with Crippen molar-refractivity contribution in [2.45, 2.75) is 26.2 Å². The number of aryl methyl sites for hydroxylation is 1. The molecule has 2 rings (SSSR count). The van der Waals surface area contributed by atoms with E-state index in [1.165, 1.54) is 15.3 Å². The van der Waals surface area contributed by atoms with E-state index in [1.54, 1.807) is 11.3 Å². The molecule has 0 aliphatic heterocycles. The Hall–Kier alpha value is -0.930. The maximum atomic E-state index is 5.56. The molecule has 0 radical (unpaired) electrons. The molecule has 0 fully saturated rings. The number of fused-ring (bicyclic) bond motifs is 1. The molecule has 1 atom stereocenters. The smallest absolute Gasteiger partial charge is 0.0967 e. The van der Waals surface area contributed by atoms with E-state index in [0.717, 1.165) is 18.5 Å². The average Bonchev–Trinajstić information content (AvgIpc) is 2.60. The summed E-state index contributed by atoms with van der Waals surface area (Å²) < 4.78 is 1.28. The second kappa shape index (κ2) is 4.29. The lowest BCUT2D eigenvalue weighted by molar-refractivity contribution is 0.687. The van der Waals surface area contributed by atoms with Gasteiger partial charge in [-0.1, -0.05) is 13.0 Å². The van der Waals surface area contributed by atoms with E-state index in [2.05, 4.69) is 37.0 Å². The zero-order chi connectivity index (χ0) is 10.8. The summed E-state index contributed by atoms with van der Waals surface area (Å²) >= 11 is 1.79. The highest BCUT2D eigenvalue weighted by atomic mass is 32.1. The first kappa shape index (κ1) is 10.6. The van der Waals surface area contributed by atoms with Crippen molar-refractivity contribution >= 4 is 21.6 Å². The second-order valence-corrected chi connectivity index (χ2v) is 5.06. The van der Waals surface area contributed by atoms with Gasteiger partial charge in [-0.05, 0) is 37.6 Å². The van der Waals surface area contributed by atoms with Crippen LogP contribution in [0.1, 0.15) is 29.8 Å². The lowest BCUT2D eigenvalue weighted by Crippen LogP contribution is -2.03. The largest absolute Gasteiger partial charge is 0.330 e.